The lowest BCUT2D eigenvalue weighted by Gasteiger charge is -2.04. The molecule has 0 heterocycles. The van der Waals surface area contributed by atoms with E-state index in [-0.39, 0.29) is 6.42 Å². The number of hydrogen-bond acceptors (Lipinski definition) is 3. The molecule has 88 valence electrons. The Labute approximate surface area is 104 Å². The van der Waals surface area contributed by atoms with Crippen LogP contribution in [0, 0.1) is 0 Å². The highest BCUT2D eigenvalue weighted by molar-refractivity contribution is 7.89. The molecule has 1 aromatic carbocycles. The van der Waals surface area contributed by atoms with Crippen LogP contribution >= 0.6 is 23.2 Å². The summed E-state index contributed by atoms with van der Waals surface area (Å²) < 4.78 is 23.4. The van der Waals surface area contributed by atoms with Gasteiger partial charge in [0.1, 0.15) is 0 Å². The van der Waals surface area contributed by atoms with E-state index in [0.717, 1.165) is 6.26 Å². The summed E-state index contributed by atoms with van der Waals surface area (Å²) in [4.78, 5) is 11.3. The van der Waals surface area contributed by atoms with Gasteiger partial charge in [-0.25, -0.2) is 8.42 Å². The SMILES string of the molecule is CS(=O)(=O)NC(=O)Cc1ccc(Cl)c(Cl)c1. The minimum Gasteiger partial charge on any atom is -0.274 e. The number of nitrogens with one attached hydrogen (secondary N) is 1. The Bertz CT molecular complexity index is 513. The lowest BCUT2D eigenvalue weighted by Crippen LogP contribution is -2.30. The molecule has 0 saturated carbocycles. The van der Waals surface area contributed by atoms with E-state index in [2.05, 4.69) is 0 Å². The number of sulfonamides is 1. The second kappa shape index (κ2) is 5.03. The quantitative estimate of drug-likeness (QED) is 0.916. The number of rotatable bonds is 3. The van der Waals surface area contributed by atoms with Crippen LogP contribution in [0.15, 0.2) is 18.2 Å². The normalized spacial score (nSPS) is 11.2. The molecular weight excluding hydrogens is 273 g/mol. The van der Waals surface area contributed by atoms with Gasteiger partial charge in [0, 0.05) is 0 Å². The molecule has 0 atom stereocenters. The van der Waals surface area contributed by atoms with Gasteiger partial charge in [-0.3, -0.25) is 9.52 Å². The highest BCUT2D eigenvalue weighted by atomic mass is 35.5. The zero-order valence-corrected chi connectivity index (χ0v) is 10.7. The second-order valence-electron chi connectivity index (χ2n) is 3.22. The fourth-order valence-electron chi connectivity index (χ4n) is 1.08. The maximum atomic E-state index is 11.3. The molecule has 0 aromatic heterocycles. The summed E-state index contributed by atoms with van der Waals surface area (Å²) in [6.07, 6.45) is 0.851. The number of carbonyl (C=O) groups excluding carboxylic acids is 1. The molecule has 0 fully saturated rings. The predicted octanol–water partition coefficient (Wildman–Crippen LogP) is 1.61. The van der Waals surface area contributed by atoms with E-state index in [9.17, 15) is 13.2 Å². The number of hydrogen-bond donors (Lipinski definition) is 1. The van der Waals surface area contributed by atoms with Gasteiger partial charge >= 0.3 is 0 Å². The Balaban J connectivity index is 2.74. The summed E-state index contributed by atoms with van der Waals surface area (Å²) in [5.41, 5.74) is 0.593. The summed E-state index contributed by atoms with van der Waals surface area (Å²) in [5.74, 6) is -0.610. The van der Waals surface area contributed by atoms with Crippen molar-refractivity contribution in [2.24, 2.45) is 0 Å². The molecule has 16 heavy (non-hydrogen) atoms. The van der Waals surface area contributed by atoms with Gasteiger partial charge in [0.05, 0.1) is 22.7 Å². The summed E-state index contributed by atoms with van der Waals surface area (Å²) in [6, 6.07) is 4.68. The first kappa shape index (κ1) is 13.3. The van der Waals surface area contributed by atoms with Crippen LogP contribution in [0.1, 0.15) is 5.56 Å². The minimum atomic E-state index is -3.52. The average molecular weight is 282 g/mol. The molecule has 7 heteroatoms. The Morgan fingerprint density at radius 1 is 1.31 bits per heavy atom. The molecule has 0 radical (unpaired) electrons. The minimum absolute atomic E-state index is 0.0655. The lowest BCUT2D eigenvalue weighted by molar-refractivity contribution is -0.118. The van der Waals surface area contributed by atoms with Gasteiger partial charge in [-0.15, -0.1) is 0 Å². The molecule has 0 spiro atoms. The van der Waals surface area contributed by atoms with Crippen LogP contribution in [-0.4, -0.2) is 20.6 Å². The summed E-state index contributed by atoms with van der Waals surface area (Å²) in [5, 5.41) is 0.709. The molecule has 1 N–H and O–H groups in total. The van der Waals surface area contributed by atoms with Crippen LogP contribution in [0.2, 0.25) is 10.0 Å². The number of halogens is 2. The van der Waals surface area contributed by atoms with Gasteiger partial charge in [0.15, 0.2) is 0 Å². The fraction of sp³-hybridized carbons (Fsp3) is 0.222. The first-order chi connectivity index (χ1) is 7.28. The third kappa shape index (κ3) is 4.38. The van der Waals surface area contributed by atoms with Crippen LogP contribution < -0.4 is 4.72 Å². The molecule has 4 nitrogen and oxygen atoms in total. The monoisotopic (exact) mass is 281 g/mol. The number of amides is 1. The average Bonchev–Trinajstić information content (AvgIpc) is 2.08. The zero-order chi connectivity index (χ0) is 12.3. The lowest BCUT2D eigenvalue weighted by atomic mass is 10.1. The molecule has 1 amide bonds. The van der Waals surface area contributed by atoms with Crippen molar-refractivity contribution in [3.8, 4) is 0 Å². The number of carbonyl (C=O) groups is 1. The highest BCUT2D eigenvalue weighted by Gasteiger charge is 2.09. The molecule has 0 bridgehead atoms. The van der Waals surface area contributed by atoms with Gasteiger partial charge in [-0.1, -0.05) is 29.3 Å². The number of benzene rings is 1. The van der Waals surface area contributed by atoms with Crippen molar-refractivity contribution >= 4 is 39.1 Å². The van der Waals surface area contributed by atoms with E-state index in [0.29, 0.717) is 15.6 Å². The van der Waals surface area contributed by atoms with E-state index in [4.69, 9.17) is 23.2 Å². The van der Waals surface area contributed by atoms with Crippen LogP contribution in [0.25, 0.3) is 0 Å². The topological polar surface area (TPSA) is 63.2 Å². The zero-order valence-electron chi connectivity index (χ0n) is 8.33. The van der Waals surface area contributed by atoms with Gasteiger partial charge < -0.3 is 0 Å². The van der Waals surface area contributed by atoms with Gasteiger partial charge in [-0.05, 0) is 17.7 Å². The summed E-state index contributed by atoms with van der Waals surface area (Å²) in [6.45, 7) is 0. The van der Waals surface area contributed by atoms with Crippen molar-refractivity contribution in [1.82, 2.24) is 4.72 Å². The summed E-state index contributed by atoms with van der Waals surface area (Å²) in [7, 11) is -3.52. The Hall–Kier alpha value is -0.780. The molecule has 0 aliphatic carbocycles. The Morgan fingerprint density at radius 2 is 1.94 bits per heavy atom. The Kier molecular flexibility index (Phi) is 4.18. The molecule has 0 saturated heterocycles. The van der Waals surface area contributed by atoms with Gasteiger partial charge in [-0.2, -0.15) is 0 Å². The predicted molar refractivity (Wildman–Crippen MR) is 63.2 cm³/mol. The van der Waals surface area contributed by atoms with Crippen LogP contribution in [-0.2, 0) is 21.2 Å². The van der Waals surface area contributed by atoms with Crippen molar-refractivity contribution in [2.45, 2.75) is 6.42 Å². The van der Waals surface area contributed by atoms with Crippen molar-refractivity contribution < 1.29 is 13.2 Å². The molecule has 1 aromatic rings. The van der Waals surface area contributed by atoms with E-state index in [1.807, 2.05) is 4.72 Å². The first-order valence-corrected chi connectivity index (χ1v) is 6.87. The Morgan fingerprint density at radius 3 is 2.44 bits per heavy atom. The van der Waals surface area contributed by atoms with Crippen LogP contribution in [0.4, 0.5) is 0 Å². The van der Waals surface area contributed by atoms with E-state index in [1.165, 1.54) is 6.07 Å². The second-order valence-corrected chi connectivity index (χ2v) is 5.79. The van der Waals surface area contributed by atoms with Gasteiger partial charge in [0.2, 0.25) is 15.9 Å². The molecule has 0 aliphatic rings. The van der Waals surface area contributed by atoms with Crippen molar-refractivity contribution in [1.29, 1.82) is 0 Å². The molecule has 1 rings (SSSR count). The highest BCUT2D eigenvalue weighted by Crippen LogP contribution is 2.22. The van der Waals surface area contributed by atoms with E-state index >= 15 is 0 Å². The molecular formula is C9H9Cl2NO3S. The summed E-state index contributed by atoms with van der Waals surface area (Å²) >= 11 is 11.4. The smallest absolute Gasteiger partial charge is 0.237 e. The maximum absolute atomic E-state index is 11.3. The van der Waals surface area contributed by atoms with Gasteiger partial charge in [0.25, 0.3) is 0 Å². The van der Waals surface area contributed by atoms with Crippen molar-refractivity contribution in [3.63, 3.8) is 0 Å². The molecule has 0 aliphatic heterocycles. The van der Waals surface area contributed by atoms with Crippen LogP contribution in [0.5, 0.6) is 0 Å². The first-order valence-electron chi connectivity index (χ1n) is 4.22. The van der Waals surface area contributed by atoms with Crippen LogP contribution in [0.3, 0.4) is 0 Å². The van der Waals surface area contributed by atoms with E-state index < -0.39 is 15.9 Å². The third-order valence-corrected chi connectivity index (χ3v) is 2.99. The third-order valence-electron chi connectivity index (χ3n) is 1.65. The van der Waals surface area contributed by atoms with Crippen molar-refractivity contribution in [3.05, 3.63) is 33.8 Å². The van der Waals surface area contributed by atoms with Crippen molar-refractivity contribution in [2.75, 3.05) is 6.26 Å². The standard InChI is InChI=1S/C9H9Cl2NO3S/c1-16(14,15)12-9(13)5-6-2-3-7(10)8(11)4-6/h2-4H,5H2,1H3,(H,12,13). The largest absolute Gasteiger partial charge is 0.274 e. The van der Waals surface area contributed by atoms with E-state index in [1.54, 1.807) is 12.1 Å². The fourth-order valence-corrected chi connectivity index (χ4v) is 1.88. The molecule has 0 unspecified atom stereocenters. The maximum Gasteiger partial charge on any atom is 0.237 e.